The highest BCUT2D eigenvalue weighted by molar-refractivity contribution is 14.0. The zero-order chi connectivity index (χ0) is 19.2. The highest BCUT2D eigenvalue weighted by Crippen LogP contribution is 2.14. The van der Waals surface area contributed by atoms with Crippen LogP contribution in [0.2, 0.25) is 0 Å². The predicted octanol–water partition coefficient (Wildman–Crippen LogP) is 3.94. The second-order valence-electron chi connectivity index (χ2n) is 6.52. The van der Waals surface area contributed by atoms with Crippen LogP contribution in [0, 0.1) is 12.7 Å². The first-order chi connectivity index (χ1) is 13.1. The summed E-state index contributed by atoms with van der Waals surface area (Å²) >= 11 is 0. The number of rotatable bonds is 6. The van der Waals surface area contributed by atoms with Crippen LogP contribution in [-0.2, 0) is 20.0 Å². The van der Waals surface area contributed by atoms with Crippen molar-refractivity contribution in [2.45, 2.75) is 26.8 Å². The Morgan fingerprint density at radius 2 is 1.96 bits per heavy atom. The van der Waals surface area contributed by atoms with E-state index >= 15 is 0 Å². The summed E-state index contributed by atoms with van der Waals surface area (Å²) in [6.45, 7) is 5.97. The van der Waals surface area contributed by atoms with Crippen molar-refractivity contribution in [2.75, 3.05) is 13.1 Å². The first-order valence-electron chi connectivity index (χ1n) is 9.26. The Balaban J connectivity index is 0.00000280. The quantitative estimate of drug-likeness (QED) is 0.310. The van der Waals surface area contributed by atoms with Gasteiger partial charge in [-0.25, -0.2) is 14.4 Å². The van der Waals surface area contributed by atoms with Gasteiger partial charge in [0.15, 0.2) is 5.96 Å². The molecule has 0 amide bonds. The van der Waals surface area contributed by atoms with Crippen LogP contribution in [0.15, 0.2) is 47.5 Å². The Hall–Kier alpha value is -2.16. The maximum Gasteiger partial charge on any atom is 0.191 e. The number of hydrogen-bond acceptors (Lipinski definition) is 2. The summed E-state index contributed by atoms with van der Waals surface area (Å²) in [6, 6.07) is 13.0. The Bertz CT molecular complexity index is 951. The molecule has 0 atom stereocenters. The number of benzene rings is 2. The maximum absolute atomic E-state index is 13.2. The average Bonchev–Trinajstić information content (AvgIpc) is 2.98. The molecule has 1 aromatic heterocycles. The molecule has 2 N–H and O–H groups in total. The van der Waals surface area contributed by atoms with Crippen molar-refractivity contribution < 1.29 is 4.39 Å². The molecule has 0 bridgehead atoms. The number of imidazole rings is 1. The van der Waals surface area contributed by atoms with Gasteiger partial charge in [-0.2, -0.15) is 0 Å². The van der Waals surface area contributed by atoms with E-state index in [0.29, 0.717) is 6.54 Å². The van der Waals surface area contributed by atoms with Crippen molar-refractivity contribution in [1.82, 2.24) is 20.2 Å². The van der Waals surface area contributed by atoms with E-state index in [1.54, 1.807) is 6.07 Å². The van der Waals surface area contributed by atoms with E-state index in [9.17, 15) is 4.39 Å². The molecule has 150 valence electrons. The third kappa shape index (κ3) is 5.43. The Morgan fingerprint density at radius 3 is 2.68 bits per heavy atom. The zero-order valence-corrected chi connectivity index (χ0v) is 18.8. The van der Waals surface area contributed by atoms with E-state index in [-0.39, 0.29) is 29.8 Å². The lowest BCUT2D eigenvalue weighted by Gasteiger charge is -2.12. The molecule has 0 radical (unpaired) electrons. The SMILES string of the molecule is CCNC(=NCc1nc2ccccc2n1C)NCCc1ccc(F)cc1C.I. The smallest absolute Gasteiger partial charge is 0.191 e. The number of hydrogen-bond donors (Lipinski definition) is 2. The van der Waals surface area contributed by atoms with Crippen molar-refractivity contribution in [3.63, 3.8) is 0 Å². The van der Waals surface area contributed by atoms with Gasteiger partial charge in [-0.05, 0) is 55.7 Å². The van der Waals surface area contributed by atoms with Gasteiger partial charge >= 0.3 is 0 Å². The second kappa shape index (κ2) is 10.4. The van der Waals surface area contributed by atoms with Crippen LogP contribution in [0.25, 0.3) is 11.0 Å². The normalized spacial score (nSPS) is 11.4. The number of nitrogens with zero attached hydrogens (tertiary/aromatic N) is 3. The molecule has 0 spiro atoms. The first kappa shape index (κ1) is 22.1. The van der Waals surface area contributed by atoms with Gasteiger partial charge in [-0.15, -0.1) is 24.0 Å². The van der Waals surface area contributed by atoms with Gasteiger partial charge in [-0.1, -0.05) is 18.2 Å². The number of nitrogens with one attached hydrogen (secondary N) is 2. The fourth-order valence-electron chi connectivity index (χ4n) is 3.08. The van der Waals surface area contributed by atoms with Gasteiger partial charge in [0.25, 0.3) is 0 Å². The van der Waals surface area contributed by atoms with Crippen molar-refractivity contribution in [3.05, 3.63) is 65.2 Å². The van der Waals surface area contributed by atoms with Crippen LogP contribution in [0.1, 0.15) is 23.9 Å². The molecule has 28 heavy (non-hydrogen) atoms. The highest BCUT2D eigenvalue weighted by Gasteiger charge is 2.07. The summed E-state index contributed by atoms with van der Waals surface area (Å²) in [4.78, 5) is 9.32. The molecule has 0 aliphatic rings. The molecule has 1 heterocycles. The fourth-order valence-corrected chi connectivity index (χ4v) is 3.08. The first-order valence-corrected chi connectivity index (χ1v) is 9.26. The Kier molecular flexibility index (Phi) is 8.22. The minimum Gasteiger partial charge on any atom is -0.357 e. The lowest BCUT2D eigenvalue weighted by Crippen LogP contribution is -2.38. The van der Waals surface area contributed by atoms with Gasteiger partial charge in [-0.3, -0.25) is 0 Å². The topological polar surface area (TPSA) is 54.2 Å². The number of guanidine groups is 1. The molecule has 5 nitrogen and oxygen atoms in total. The molecule has 3 aromatic rings. The van der Waals surface area contributed by atoms with E-state index in [1.165, 1.54) is 6.07 Å². The molecule has 0 saturated carbocycles. The highest BCUT2D eigenvalue weighted by atomic mass is 127. The summed E-state index contributed by atoms with van der Waals surface area (Å²) in [5.74, 6) is 1.48. The summed E-state index contributed by atoms with van der Waals surface area (Å²) < 4.78 is 15.3. The Morgan fingerprint density at radius 1 is 1.18 bits per heavy atom. The van der Waals surface area contributed by atoms with Crippen molar-refractivity contribution in [3.8, 4) is 0 Å². The van der Waals surface area contributed by atoms with Gasteiger partial charge in [0.05, 0.1) is 11.0 Å². The summed E-state index contributed by atoms with van der Waals surface area (Å²) in [6.07, 6.45) is 0.808. The molecule has 2 aromatic carbocycles. The molecule has 0 aliphatic carbocycles. The van der Waals surface area contributed by atoms with Crippen molar-refractivity contribution in [1.29, 1.82) is 0 Å². The van der Waals surface area contributed by atoms with Crippen LogP contribution in [0.5, 0.6) is 0 Å². The summed E-state index contributed by atoms with van der Waals surface area (Å²) in [5, 5.41) is 6.60. The number of halogens is 2. The molecule has 0 unspecified atom stereocenters. The second-order valence-corrected chi connectivity index (χ2v) is 6.52. The van der Waals surface area contributed by atoms with Crippen LogP contribution >= 0.6 is 24.0 Å². The summed E-state index contributed by atoms with van der Waals surface area (Å²) in [7, 11) is 2.01. The Labute approximate surface area is 182 Å². The molecule has 7 heteroatoms. The van der Waals surface area contributed by atoms with Crippen molar-refractivity contribution in [2.24, 2.45) is 12.0 Å². The molecule has 0 fully saturated rings. The third-order valence-electron chi connectivity index (χ3n) is 4.59. The monoisotopic (exact) mass is 495 g/mol. The maximum atomic E-state index is 13.2. The molecule has 3 rings (SSSR count). The molecule has 0 saturated heterocycles. The summed E-state index contributed by atoms with van der Waals surface area (Å²) in [5.41, 5.74) is 4.19. The standard InChI is InChI=1S/C21H26FN5.HI/c1-4-23-21(24-12-11-16-9-10-17(22)13-15(16)2)25-14-20-26-18-7-5-6-8-19(18)27(20)3;/h5-10,13H,4,11-12,14H2,1-3H3,(H2,23,24,25);1H. The lowest BCUT2D eigenvalue weighted by molar-refractivity contribution is 0.625. The van der Waals surface area contributed by atoms with Gasteiger partial charge in [0, 0.05) is 20.1 Å². The number of aryl methyl sites for hydroxylation is 2. The van der Waals surface area contributed by atoms with Gasteiger partial charge in [0.1, 0.15) is 18.2 Å². The van der Waals surface area contributed by atoms with Gasteiger partial charge in [0.2, 0.25) is 0 Å². The van der Waals surface area contributed by atoms with Crippen LogP contribution < -0.4 is 10.6 Å². The lowest BCUT2D eigenvalue weighted by atomic mass is 10.1. The molecular formula is C21H27FIN5. The van der Waals surface area contributed by atoms with E-state index in [2.05, 4.69) is 31.2 Å². The van der Waals surface area contributed by atoms with Crippen LogP contribution in [0.4, 0.5) is 4.39 Å². The molecular weight excluding hydrogens is 468 g/mol. The van der Waals surface area contributed by atoms with Crippen molar-refractivity contribution >= 4 is 41.0 Å². The third-order valence-corrected chi connectivity index (χ3v) is 4.59. The van der Waals surface area contributed by atoms with E-state index in [4.69, 9.17) is 0 Å². The van der Waals surface area contributed by atoms with Gasteiger partial charge < -0.3 is 15.2 Å². The van der Waals surface area contributed by atoms with Crippen LogP contribution in [0.3, 0.4) is 0 Å². The fraction of sp³-hybridized carbons (Fsp3) is 0.333. The minimum absolute atomic E-state index is 0. The number of para-hydroxylation sites is 2. The zero-order valence-electron chi connectivity index (χ0n) is 16.5. The average molecular weight is 495 g/mol. The van der Waals surface area contributed by atoms with E-state index in [0.717, 1.165) is 53.5 Å². The minimum atomic E-state index is -0.193. The molecule has 0 aliphatic heterocycles. The number of aliphatic imine (C=N–C) groups is 1. The number of aromatic nitrogens is 2. The van der Waals surface area contributed by atoms with Crippen LogP contribution in [-0.4, -0.2) is 28.6 Å². The number of fused-ring (bicyclic) bond motifs is 1. The largest absolute Gasteiger partial charge is 0.357 e. The van der Waals surface area contributed by atoms with E-state index in [1.807, 2.05) is 45.2 Å². The predicted molar refractivity (Wildman–Crippen MR) is 124 cm³/mol. The van der Waals surface area contributed by atoms with E-state index < -0.39 is 0 Å².